The van der Waals surface area contributed by atoms with Crippen LogP contribution < -0.4 is 0 Å². The second kappa shape index (κ2) is 6.05. The molecule has 0 bridgehead atoms. The van der Waals surface area contributed by atoms with Gasteiger partial charge in [-0.2, -0.15) is 0 Å². The van der Waals surface area contributed by atoms with Gasteiger partial charge in [-0.05, 0) is 31.7 Å². The van der Waals surface area contributed by atoms with Crippen LogP contribution in [0, 0.1) is 6.92 Å². The Hall–Kier alpha value is -1.33. The summed E-state index contributed by atoms with van der Waals surface area (Å²) < 4.78 is 0. The zero-order chi connectivity index (χ0) is 14.9. The molecule has 2 aromatic heterocycles. The lowest BCUT2D eigenvalue weighted by Gasteiger charge is -2.27. The van der Waals surface area contributed by atoms with Gasteiger partial charge in [-0.3, -0.25) is 4.90 Å². The second-order valence-corrected chi connectivity index (χ2v) is 7.40. The molecular weight excluding hydrogens is 292 g/mol. The fourth-order valence-electron chi connectivity index (χ4n) is 3.58. The molecule has 1 fully saturated rings. The molecule has 4 rings (SSSR count). The number of aryl methyl sites for hydroxylation is 1. The van der Waals surface area contributed by atoms with Gasteiger partial charge < -0.3 is 0 Å². The lowest BCUT2D eigenvalue weighted by atomic mass is 10.1. The van der Waals surface area contributed by atoms with Crippen molar-refractivity contribution in [2.45, 2.75) is 58.0 Å². The van der Waals surface area contributed by atoms with Gasteiger partial charge in [0.15, 0.2) is 0 Å². The Labute approximate surface area is 135 Å². The van der Waals surface area contributed by atoms with Crippen LogP contribution in [0.25, 0.3) is 0 Å². The summed E-state index contributed by atoms with van der Waals surface area (Å²) in [5.41, 5.74) is 3.75. The van der Waals surface area contributed by atoms with E-state index in [1.54, 1.807) is 0 Å². The number of thiazole rings is 1. The molecule has 0 spiro atoms. The van der Waals surface area contributed by atoms with Crippen molar-refractivity contribution in [3.63, 3.8) is 0 Å². The highest BCUT2D eigenvalue weighted by molar-refractivity contribution is 7.09. The van der Waals surface area contributed by atoms with Crippen LogP contribution in [0.15, 0.2) is 11.6 Å². The van der Waals surface area contributed by atoms with Crippen molar-refractivity contribution in [2.75, 3.05) is 6.54 Å². The van der Waals surface area contributed by atoms with Gasteiger partial charge in [-0.25, -0.2) is 15.0 Å². The Kier molecular flexibility index (Phi) is 3.92. The molecule has 0 atom stereocenters. The molecule has 1 aliphatic carbocycles. The fraction of sp³-hybridized carbons (Fsp3) is 0.588. The van der Waals surface area contributed by atoms with Gasteiger partial charge in [0, 0.05) is 37.1 Å². The summed E-state index contributed by atoms with van der Waals surface area (Å²) in [6, 6.07) is 0. The normalized spacial score (nSPS) is 19.5. The van der Waals surface area contributed by atoms with Crippen molar-refractivity contribution < 1.29 is 0 Å². The third kappa shape index (κ3) is 2.92. The number of rotatable bonds is 3. The summed E-state index contributed by atoms with van der Waals surface area (Å²) in [6.45, 7) is 4.92. The standard InChI is InChI=1S/C17H22N4S/c1-12-18-8-14-6-7-21(10-16(14)19-12)9-15-11-22-17(20-15)13-4-2-3-5-13/h8,11,13H,2-7,9-10H2,1H3. The third-order valence-corrected chi connectivity index (χ3v) is 5.86. The van der Waals surface area contributed by atoms with E-state index in [2.05, 4.69) is 20.2 Å². The van der Waals surface area contributed by atoms with Crippen LogP contribution >= 0.6 is 11.3 Å². The van der Waals surface area contributed by atoms with Crippen LogP contribution in [0.5, 0.6) is 0 Å². The number of hydrogen-bond acceptors (Lipinski definition) is 5. The lowest BCUT2D eigenvalue weighted by Crippen LogP contribution is -2.31. The van der Waals surface area contributed by atoms with Crippen molar-refractivity contribution in [2.24, 2.45) is 0 Å². The van der Waals surface area contributed by atoms with E-state index in [1.165, 1.54) is 47.6 Å². The molecule has 0 radical (unpaired) electrons. The molecule has 0 N–H and O–H groups in total. The molecule has 5 heteroatoms. The quantitative estimate of drug-likeness (QED) is 0.870. The van der Waals surface area contributed by atoms with Gasteiger partial charge >= 0.3 is 0 Å². The topological polar surface area (TPSA) is 41.9 Å². The molecule has 22 heavy (non-hydrogen) atoms. The Bertz CT molecular complexity index is 660. The number of nitrogens with zero attached hydrogens (tertiary/aromatic N) is 4. The monoisotopic (exact) mass is 314 g/mol. The highest BCUT2D eigenvalue weighted by Crippen LogP contribution is 2.35. The minimum atomic E-state index is 0.733. The van der Waals surface area contributed by atoms with Crippen molar-refractivity contribution in [3.05, 3.63) is 39.4 Å². The van der Waals surface area contributed by atoms with E-state index >= 15 is 0 Å². The maximum atomic E-state index is 4.90. The van der Waals surface area contributed by atoms with Crippen molar-refractivity contribution >= 4 is 11.3 Å². The SMILES string of the molecule is Cc1ncc2c(n1)CN(Cc1csc(C3CCCC3)n1)CC2. The van der Waals surface area contributed by atoms with E-state index in [-0.39, 0.29) is 0 Å². The van der Waals surface area contributed by atoms with Gasteiger partial charge in [-0.1, -0.05) is 12.8 Å². The van der Waals surface area contributed by atoms with Crippen LogP contribution in [0.3, 0.4) is 0 Å². The van der Waals surface area contributed by atoms with Gasteiger partial charge in [0.2, 0.25) is 0 Å². The Morgan fingerprint density at radius 1 is 1.27 bits per heavy atom. The van der Waals surface area contributed by atoms with E-state index < -0.39 is 0 Å². The summed E-state index contributed by atoms with van der Waals surface area (Å²) in [4.78, 5) is 16.3. The van der Waals surface area contributed by atoms with E-state index in [9.17, 15) is 0 Å². The molecule has 116 valence electrons. The summed E-state index contributed by atoms with van der Waals surface area (Å²) in [5.74, 6) is 1.61. The molecule has 0 aromatic carbocycles. The highest BCUT2D eigenvalue weighted by Gasteiger charge is 2.22. The fourth-order valence-corrected chi connectivity index (χ4v) is 4.56. The summed E-state index contributed by atoms with van der Waals surface area (Å²) in [6.07, 6.45) is 8.47. The van der Waals surface area contributed by atoms with Crippen molar-refractivity contribution in [3.8, 4) is 0 Å². The first-order chi connectivity index (χ1) is 10.8. The molecule has 3 heterocycles. The average molecular weight is 314 g/mol. The molecule has 0 unspecified atom stereocenters. The summed E-state index contributed by atoms with van der Waals surface area (Å²) in [7, 11) is 0. The Morgan fingerprint density at radius 3 is 3.00 bits per heavy atom. The smallest absolute Gasteiger partial charge is 0.125 e. The zero-order valence-corrected chi connectivity index (χ0v) is 13.9. The zero-order valence-electron chi connectivity index (χ0n) is 13.1. The number of fused-ring (bicyclic) bond motifs is 1. The molecular formula is C17H22N4S. The Balaban J connectivity index is 1.43. The average Bonchev–Trinajstić information content (AvgIpc) is 3.17. The first-order valence-electron chi connectivity index (χ1n) is 8.26. The van der Waals surface area contributed by atoms with Gasteiger partial charge in [0.25, 0.3) is 0 Å². The first-order valence-corrected chi connectivity index (χ1v) is 9.14. The van der Waals surface area contributed by atoms with E-state index in [0.717, 1.165) is 37.8 Å². The number of aromatic nitrogens is 3. The van der Waals surface area contributed by atoms with Gasteiger partial charge in [-0.15, -0.1) is 11.3 Å². The predicted molar refractivity (Wildman–Crippen MR) is 87.9 cm³/mol. The molecule has 4 nitrogen and oxygen atoms in total. The largest absolute Gasteiger partial charge is 0.291 e. The predicted octanol–water partition coefficient (Wildman–Crippen LogP) is 3.46. The van der Waals surface area contributed by atoms with Crippen LogP contribution in [-0.4, -0.2) is 26.4 Å². The lowest BCUT2D eigenvalue weighted by molar-refractivity contribution is 0.238. The van der Waals surface area contributed by atoms with E-state index in [1.807, 2.05) is 24.5 Å². The first kappa shape index (κ1) is 14.3. The van der Waals surface area contributed by atoms with Crippen LogP contribution in [0.1, 0.15) is 59.4 Å². The van der Waals surface area contributed by atoms with Crippen LogP contribution in [0.2, 0.25) is 0 Å². The molecule has 1 saturated carbocycles. The molecule has 0 amide bonds. The van der Waals surface area contributed by atoms with E-state index in [4.69, 9.17) is 4.98 Å². The number of hydrogen-bond donors (Lipinski definition) is 0. The van der Waals surface area contributed by atoms with Gasteiger partial charge in [0.05, 0.1) is 16.4 Å². The molecule has 2 aromatic rings. The molecule has 1 aliphatic heterocycles. The molecule has 2 aliphatic rings. The minimum absolute atomic E-state index is 0.733. The minimum Gasteiger partial charge on any atom is -0.291 e. The van der Waals surface area contributed by atoms with Crippen molar-refractivity contribution in [1.82, 2.24) is 19.9 Å². The molecule has 0 saturated heterocycles. The van der Waals surface area contributed by atoms with Crippen LogP contribution in [-0.2, 0) is 19.5 Å². The highest BCUT2D eigenvalue weighted by atomic mass is 32.1. The van der Waals surface area contributed by atoms with E-state index in [0.29, 0.717) is 0 Å². The van der Waals surface area contributed by atoms with Crippen LogP contribution in [0.4, 0.5) is 0 Å². The second-order valence-electron chi connectivity index (χ2n) is 6.51. The summed E-state index contributed by atoms with van der Waals surface area (Å²) >= 11 is 1.86. The van der Waals surface area contributed by atoms with Crippen molar-refractivity contribution in [1.29, 1.82) is 0 Å². The third-order valence-electron chi connectivity index (χ3n) is 4.80. The maximum absolute atomic E-state index is 4.90. The maximum Gasteiger partial charge on any atom is 0.125 e. The Morgan fingerprint density at radius 2 is 2.14 bits per heavy atom. The van der Waals surface area contributed by atoms with Gasteiger partial charge in [0.1, 0.15) is 5.82 Å². The summed E-state index contributed by atoms with van der Waals surface area (Å²) in [5, 5.41) is 3.62.